The van der Waals surface area contributed by atoms with Crippen LogP contribution in [0.2, 0.25) is 0 Å². The van der Waals surface area contributed by atoms with Crippen molar-refractivity contribution in [1.29, 1.82) is 0 Å². The Morgan fingerprint density at radius 1 is 1.32 bits per heavy atom. The van der Waals surface area contributed by atoms with E-state index in [0.29, 0.717) is 12.5 Å². The van der Waals surface area contributed by atoms with Gasteiger partial charge in [-0.15, -0.1) is 0 Å². The summed E-state index contributed by atoms with van der Waals surface area (Å²) in [4.78, 5) is 21.9. The Hall–Kier alpha value is -1.30. The van der Waals surface area contributed by atoms with Gasteiger partial charge in [-0.25, -0.2) is 9.59 Å². The van der Waals surface area contributed by atoms with Gasteiger partial charge in [0.15, 0.2) is 0 Å². The maximum Gasteiger partial charge on any atom is 0.407 e. The summed E-state index contributed by atoms with van der Waals surface area (Å²) in [5.74, 6) is -0.652. The minimum Gasteiger partial charge on any atom is -0.480 e. The average Bonchev–Trinajstić information content (AvgIpc) is 2.61. The minimum absolute atomic E-state index is 0.0910. The molecule has 1 fully saturated rings. The van der Waals surface area contributed by atoms with Crippen molar-refractivity contribution in [3.8, 4) is 0 Å². The molecule has 2 atom stereocenters. The summed E-state index contributed by atoms with van der Waals surface area (Å²) in [5, 5.41) is 11.3. The smallest absolute Gasteiger partial charge is 0.407 e. The van der Waals surface area contributed by atoms with E-state index in [-0.39, 0.29) is 12.6 Å². The zero-order valence-corrected chi connectivity index (χ0v) is 11.8. The van der Waals surface area contributed by atoms with Crippen LogP contribution in [-0.2, 0) is 14.3 Å². The molecule has 1 aliphatic rings. The van der Waals surface area contributed by atoms with Gasteiger partial charge in [0.2, 0.25) is 0 Å². The van der Waals surface area contributed by atoms with Gasteiger partial charge in [0.25, 0.3) is 0 Å². The van der Waals surface area contributed by atoms with Crippen LogP contribution < -0.4 is 5.32 Å². The number of nitrogens with one attached hydrogen (secondary N) is 1. The lowest BCUT2D eigenvalue weighted by Crippen LogP contribution is -2.38. The molecule has 0 radical (unpaired) electrons. The van der Waals surface area contributed by atoms with E-state index in [4.69, 9.17) is 14.6 Å². The fourth-order valence-electron chi connectivity index (χ4n) is 2.14. The second-order valence-electron chi connectivity index (χ2n) is 5.93. The first kappa shape index (κ1) is 15.8. The predicted molar refractivity (Wildman–Crippen MR) is 69.0 cm³/mol. The Labute approximate surface area is 113 Å². The Morgan fingerprint density at radius 2 is 2.00 bits per heavy atom. The molecule has 0 aliphatic heterocycles. The second-order valence-corrected chi connectivity index (χ2v) is 5.93. The van der Waals surface area contributed by atoms with E-state index in [1.807, 2.05) is 20.8 Å². The molecule has 0 aromatic heterocycles. The molecule has 19 heavy (non-hydrogen) atoms. The first-order valence-corrected chi connectivity index (χ1v) is 6.55. The van der Waals surface area contributed by atoms with Crippen LogP contribution in [0.15, 0.2) is 0 Å². The van der Waals surface area contributed by atoms with E-state index >= 15 is 0 Å². The van der Waals surface area contributed by atoms with E-state index in [2.05, 4.69) is 5.32 Å². The number of ether oxygens (including phenoxy) is 2. The molecule has 1 amide bonds. The summed E-state index contributed by atoms with van der Waals surface area (Å²) in [6.07, 6.45) is 2.21. The van der Waals surface area contributed by atoms with E-state index < -0.39 is 17.7 Å². The Kier molecular flexibility index (Phi) is 5.60. The van der Waals surface area contributed by atoms with Gasteiger partial charge in [-0.2, -0.15) is 0 Å². The zero-order chi connectivity index (χ0) is 14.5. The van der Waals surface area contributed by atoms with Crippen molar-refractivity contribution in [1.82, 2.24) is 5.32 Å². The highest BCUT2D eigenvalue weighted by molar-refractivity contribution is 5.68. The van der Waals surface area contributed by atoms with E-state index in [1.165, 1.54) is 0 Å². The summed E-state index contributed by atoms with van der Waals surface area (Å²) >= 11 is 0. The van der Waals surface area contributed by atoms with Crippen molar-refractivity contribution in [3.63, 3.8) is 0 Å². The molecule has 6 nitrogen and oxygen atoms in total. The Balaban J connectivity index is 2.21. The molecule has 0 aromatic rings. The molecular formula is C13H23NO5. The average molecular weight is 273 g/mol. The van der Waals surface area contributed by atoms with Crippen molar-refractivity contribution < 1.29 is 24.2 Å². The van der Waals surface area contributed by atoms with Gasteiger partial charge >= 0.3 is 12.1 Å². The molecule has 0 bridgehead atoms. The highest BCUT2D eigenvalue weighted by atomic mass is 16.6. The van der Waals surface area contributed by atoms with Gasteiger partial charge < -0.3 is 19.9 Å². The number of carbonyl (C=O) groups is 2. The lowest BCUT2D eigenvalue weighted by molar-refractivity contribution is -0.142. The van der Waals surface area contributed by atoms with Gasteiger partial charge in [0.1, 0.15) is 12.2 Å². The zero-order valence-electron chi connectivity index (χ0n) is 11.8. The summed E-state index contributed by atoms with van der Waals surface area (Å²) in [5.41, 5.74) is -0.493. The fourth-order valence-corrected chi connectivity index (χ4v) is 2.14. The summed E-state index contributed by atoms with van der Waals surface area (Å²) in [6.45, 7) is 5.64. The minimum atomic E-state index is -0.957. The largest absolute Gasteiger partial charge is 0.480 e. The molecule has 0 aromatic carbocycles. The van der Waals surface area contributed by atoms with Gasteiger partial charge in [-0.05, 0) is 46.0 Å². The first-order valence-electron chi connectivity index (χ1n) is 6.55. The lowest BCUT2D eigenvalue weighted by Gasteiger charge is -2.21. The summed E-state index contributed by atoms with van der Waals surface area (Å²) < 4.78 is 10.3. The van der Waals surface area contributed by atoms with Crippen molar-refractivity contribution in [3.05, 3.63) is 0 Å². The topological polar surface area (TPSA) is 84.9 Å². The highest BCUT2D eigenvalue weighted by Gasteiger charge is 2.27. The van der Waals surface area contributed by atoms with Crippen LogP contribution in [0.4, 0.5) is 4.79 Å². The monoisotopic (exact) mass is 273 g/mol. The number of aliphatic carboxylic acids is 1. The van der Waals surface area contributed by atoms with Crippen LogP contribution in [0.5, 0.6) is 0 Å². The number of carbonyl (C=O) groups excluding carboxylic acids is 1. The van der Waals surface area contributed by atoms with Crippen molar-refractivity contribution in [2.75, 3.05) is 13.2 Å². The van der Waals surface area contributed by atoms with Crippen LogP contribution in [0, 0.1) is 5.92 Å². The molecule has 0 unspecified atom stereocenters. The van der Waals surface area contributed by atoms with E-state index in [1.54, 1.807) is 0 Å². The van der Waals surface area contributed by atoms with Crippen LogP contribution in [-0.4, -0.2) is 42.0 Å². The standard InChI is InChI=1S/C13H23NO5/c1-13(2,3)19-12(17)14-10-5-4-9(6-10)7-18-8-11(15)16/h9-10H,4-8H2,1-3H3,(H,14,17)(H,15,16)/t9-,10+/m0/s1. The van der Waals surface area contributed by atoms with E-state index in [9.17, 15) is 9.59 Å². The second kappa shape index (κ2) is 6.75. The van der Waals surface area contributed by atoms with Gasteiger partial charge in [0.05, 0.1) is 6.61 Å². The molecule has 2 N–H and O–H groups in total. The third kappa shape index (κ3) is 7.00. The first-order chi connectivity index (χ1) is 8.76. The molecule has 0 saturated heterocycles. The highest BCUT2D eigenvalue weighted by Crippen LogP contribution is 2.26. The molecule has 0 heterocycles. The molecular weight excluding hydrogens is 250 g/mol. The van der Waals surface area contributed by atoms with Crippen molar-refractivity contribution >= 4 is 12.1 Å². The van der Waals surface area contributed by atoms with Crippen LogP contribution >= 0.6 is 0 Å². The third-order valence-electron chi connectivity index (χ3n) is 2.84. The number of amides is 1. The molecule has 6 heteroatoms. The quantitative estimate of drug-likeness (QED) is 0.797. The summed E-state index contributed by atoms with van der Waals surface area (Å²) in [7, 11) is 0. The van der Waals surface area contributed by atoms with Crippen LogP contribution in [0.1, 0.15) is 40.0 Å². The molecule has 110 valence electrons. The molecule has 0 spiro atoms. The lowest BCUT2D eigenvalue weighted by atomic mass is 10.1. The van der Waals surface area contributed by atoms with Crippen LogP contribution in [0.3, 0.4) is 0 Å². The maximum absolute atomic E-state index is 11.6. The summed E-state index contributed by atoms with van der Waals surface area (Å²) in [6, 6.07) is 0.0910. The Bertz CT molecular complexity index is 323. The number of hydrogen-bond donors (Lipinski definition) is 2. The number of hydrogen-bond acceptors (Lipinski definition) is 4. The fraction of sp³-hybridized carbons (Fsp3) is 0.846. The number of carboxylic acids is 1. The van der Waals surface area contributed by atoms with Gasteiger partial charge in [-0.3, -0.25) is 0 Å². The van der Waals surface area contributed by atoms with Gasteiger partial charge in [-0.1, -0.05) is 0 Å². The molecule has 1 rings (SSSR count). The number of rotatable bonds is 5. The molecule has 1 saturated carbocycles. The SMILES string of the molecule is CC(C)(C)OC(=O)N[C@@H]1CC[C@H](COCC(=O)O)C1. The predicted octanol–water partition coefficient (Wildman–Crippen LogP) is 1.78. The van der Waals surface area contributed by atoms with Crippen molar-refractivity contribution in [2.24, 2.45) is 5.92 Å². The van der Waals surface area contributed by atoms with E-state index in [0.717, 1.165) is 19.3 Å². The van der Waals surface area contributed by atoms with Gasteiger partial charge in [0, 0.05) is 6.04 Å². The van der Waals surface area contributed by atoms with Crippen molar-refractivity contribution in [2.45, 2.75) is 51.7 Å². The third-order valence-corrected chi connectivity index (χ3v) is 2.84. The number of alkyl carbamates (subject to hydrolysis) is 1. The maximum atomic E-state index is 11.6. The molecule has 1 aliphatic carbocycles. The normalized spacial score (nSPS) is 23.1. The number of carboxylic acid groups (broad SMARTS) is 1. The Morgan fingerprint density at radius 3 is 2.58 bits per heavy atom. The van der Waals surface area contributed by atoms with Crippen LogP contribution in [0.25, 0.3) is 0 Å².